The summed E-state index contributed by atoms with van der Waals surface area (Å²) in [5, 5.41) is 15.0. The van der Waals surface area contributed by atoms with E-state index in [9.17, 15) is 9.90 Å². The van der Waals surface area contributed by atoms with E-state index < -0.39 is 23.7 Å². The Morgan fingerprint density at radius 3 is 2.59 bits per heavy atom. The Kier molecular flexibility index (Phi) is 3.87. The molecular formula is C20H20N4O3. The third kappa shape index (κ3) is 2.40. The molecule has 1 N–H and O–H groups in total. The zero-order chi connectivity index (χ0) is 19.3. The molecule has 2 heterocycles. The maximum absolute atomic E-state index is 12.9. The first-order valence-electron chi connectivity index (χ1n) is 8.80. The molecule has 0 aliphatic carbocycles. The maximum Gasteiger partial charge on any atom is 0.217 e. The number of rotatable bonds is 3. The molecule has 1 fully saturated rings. The third-order valence-electron chi connectivity index (χ3n) is 5.36. The third-order valence-corrected chi connectivity index (χ3v) is 5.36. The van der Waals surface area contributed by atoms with E-state index >= 15 is 0 Å². The lowest BCUT2D eigenvalue weighted by Crippen LogP contribution is -2.53. The van der Waals surface area contributed by atoms with Crippen LogP contribution in [-0.4, -0.2) is 35.3 Å². The van der Waals surface area contributed by atoms with Crippen LogP contribution in [-0.2, 0) is 0 Å². The SMILES string of the molecule is Cc1cc(C)c(O[C@@H]2CN3c4ccccc4C(=O)C3(O)[C@H]2N=[N+]=[N-])c(C)c1. The van der Waals surface area contributed by atoms with E-state index in [0.29, 0.717) is 17.0 Å². The van der Waals surface area contributed by atoms with Gasteiger partial charge in [-0.25, -0.2) is 0 Å². The minimum Gasteiger partial charge on any atom is -0.487 e. The van der Waals surface area contributed by atoms with Crippen LogP contribution >= 0.6 is 0 Å². The molecule has 0 saturated carbocycles. The van der Waals surface area contributed by atoms with Crippen LogP contribution in [0.2, 0.25) is 0 Å². The summed E-state index contributed by atoms with van der Waals surface area (Å²) in [6.45, 7) is 6.15. The summed E-state index contributed by atoms with van der Waals surface area (Å²) in [5.41, 5.74) is 11.2. The first-order chi connectivity index (χ1) is 12.9. The van der Waals surface area contributed by atoms with Gasteiger partial charge in [0.2, 0.25) is 11.5 Å². The van der Waals surface area contributed by atoms with Gasteiger partial charge in [0.15, 0.2) is 0 Å². The number of carbonyl (C=O) groups excluding carboxylic acids is 1. The summed E-state index contributed by atoms with van der Waals surface area (Å²) in [6, 6.07) is 9.98. The smallest absolute Gasteiger partial charge is 0.217 e. The average molecular weight is 364 g/mol. The zero-order valence-corrected chi connectivity index (χ0v) is 15.4. The van der Waals surface area contributed by atoms with Crippen LogP contribution in [0.4, 0.5) is 5.69 Å². The van der Waals surface area contributed by atoms with Gasteiger partial charge in [0, 0.05) is 10.5 Å². The highest BCUT2D eigenvalue weighted by Gasteiger charge is 2.63. The predicted octanol–water partition coefficient (Wildman–Crippen LogP) is 3.44. The van der Waals surface area contributed by atoms with Gasteiger partial charge in [0.05, 0.1) is 12.2 Å². The van der Waals surface area contributed by atoms with E-state index in [-0.39, 0.29) is 6.54 Å². The van der Waals surface area contributed by atoms with E-state index in [1.54, 1.807) is 23.1 Å². The van der Waals surface area contributed by atoms with Crippen LogP contribution in [0.25, 0.3) is 10.4 Å². The van der Waals surface area contributed by atoms with E-state index in [1.807, 2.05) is 39.0 Å². The van der Waals surface area contributed by atoms with E-state index in [0.717, 1.165) is 16.7 Å². The number of nitrogens with zero attached hydrogens (tertiary/aromatic N) is 4. The number of Topliss-reactive ketones (excluding diaryl/α,β-unsaturated/α-hetero) is 1. The molecule has 4 rings (SSSR count). The Balaban J connectivity index is 1.77. The van der Waals surface area contributed by atoms with Gasteiger partial charge in [-0.3, -0.25) is 4.79 Å². The van der Waals surface area contributed by atoms with Gasteiger partial charge in [-0.15, -0.1) is 0 Å². The molecule has 2 aromatic rings. The second kappa shape index (κ2) is 6.01. The van der Waals surface area contributed by atoms with Crippen molar-refractivity contribution in [3.63, 3.8) is 0 Å². The van der Waals surface area contributed by atoms with Crippen molar-refractivity contribution < 1.29 is 14.6 Å². The lowest BCUT2D eigenvalue weighted by atomic mass is 9.97. The molecule has 2 aliphatic heterocycles. The first kappa shape index (κ1) is 17.4. The van der Waals surface area contributed by atoms with Crippen molar-refractivity contribution in [3.05, 3.63) is 69.1 Å². The minimum absolute atomic E-state index is 0.246. The van der Waals surface area contributed by atoms with Crippen molar-refractivity contribution in [3.8, 4) is 5.75 Å². The van der Waals surface area contributed by atoms with Crippen LogP contribution < -0.4 is 9.64 Å². The number of azide groups is 1. The number of fused-ring (bicyclic) bond motifs is 3. The Morgan fingerprint density at radius 1 is 1.26 bits per heavy atom. The molecule has 138 valence electrons. The number of ketones is 1. The van der Waals surface area contributed by atoms with Crippen LogP contribution in [0.15, 0.2) is 41.5 Å². The Labute approximate surface area is 156 Å². The molecule has 0 amide bonds. The van der Waals surface area contributed by atoms with Crippen molar-refractivity contribution in [2.75, 3.05) is 11.4 Å². The largest absolute Gasteiger partial charge is 0.487 e. The summed E-state index contributed by atoms with van der Waals surface area (Å²) in [6.07, 6.45) is -0.650. The molecule has 2 aliphatic rings. The van der Waals surface area contributed by atoms with E-state index in [4.69, 9.17) is 10.3 Å². The van der Waals surface area contributed by atoms with Crippen LogP contribution in [0.1, 0.15) is 27.0 Å². The highest BCUT2D eigenvalue weighted by molar-refractivity contribution is 6.14. The Bertz CT molecular complexity index is 975. The molecule has 27 heavy (non-hydrogen) atoms. The Hall–Kier alpha value is -3.02. The fourth-order valence-corrected chi connectivity index (χ4v) is 4.29. The summed E-state index contributed by atoms with van der Waals surface area (Å²) < 4.78 is 6.20. The number of anilines is 1. The van der Waals surface area contributed by atoms with Gasteiger partial charge in [0.25, 0.3) is 0 Å². The lowest BCUT2D eigenvalue weighted by Gasteiger charge is -2.28. The fraction of sp³-hybridized carbons (Fsp3) is 0.350. The van der Waals surface area contributed by atoms with Crippen molar-refractivity contribution in [2.45, 2.75) is 38.6 Å². The van der Waals surface area contributed by atoms with Crippen molar-refractivity contribution in [1.82, 2.24) is 0 Å². The lowest BCUT2D eigenvalue weighted by molar-refractivity contribution is 0.0236. The minimum atomic E-state index is -1.92. The van der Waals surface area contributed by atoms with Gasteiger partial charge in [-0.05, 0) is 49.6 Å². The summed E-state index contributed by atoms with van der Waals surface area (Å²) in [7, 11) is 0. The van der Waals surface area contributed by atoms with Crippen LogP contribution in [0.3, 0.4) is 0 Å². The monoisotopic (exact) mass is 364 g/mol. The number of benzene rings is 2. The normalized spacial score (nSPS) is 25.8. The quantitative estimate of drug-likeness (QED) is 0.512. The molecule has 0 radical (unpaired) electrons. The number of hydrogen-bond acceptors (Lipinski definition) is 5. The zero-order valence-electron chi connectivity index (χ0n) is 15.4. The molecule has 0 aromatic heterocycles. The van der Waals surface area contributed by atoms with Crippen molar-refractivity contribution >= 4 is 11.5 Å². The highest BCUT2D eigenvalue weighted by atomic mass is 16.5. The summed E-state index contributed by atoms with van der Waals surface area (Å²) >= 11 is 0. The molecule has 3 atom stereocenters. The van der Waals surface area contributed by atoms with E-state index in [1.165, 1.54) is 0 Å². The predicted molar refractivity (Wildman–Crippen MR) is 101 cm³/mol. The van der Waals surface area contributed by atoms with Crippen molar-refractivity contribution in [2.24, 2.45) is 5.11 Å². The number of para-hydroxylation sites is 1. The van der Waals surface area contributed by atoms with Gasteiger partial charge < -0.3 is 14.7 Å². The highest BCUT2D eigenvalue weighted by Crippen LogP contribution is 2.46. The fourth-order valence-electron chi connectivity index (χ4n) is 4.29. The summed E-state index contributed by atoms with van der Waals surface area (Å²) in [4.78, 5) is 17.4. The second-order valence-electron chi connectivity index (χ2n) is 7.22. The van der Waals surface area contributed by atoms with Gasteiger partial charge in [0.1, 0.15) is 17.9 Å². The van der Waals surface area contributed by atoms with Crippen LogP contribution in [0.5, 0.6) is 5.75 Å². The number of hydrogen-bond donors (Lipinski definition) is 1. The maximum atomic E-state index is 12.9. The number of carbonyl (C=O) groups is 1. The Morgan fingerprint density at radius 2 is 1.93 bits per heavy atom. The standard InChI is InChI=1S/C20H20N4O3/c1-11-8-12(2)17(13(3)9-11)27-16-10-24-15-7-5-4-6-14(15)19(25)20(24,26)18(16)22-23-21/h4-9,16,18,26H,10H2,1-3H3/t16-,18+,20?/m1/s1. The van der Waals surface area contributed by atoms with Crippen LogP contribution in [0, 0.1) is 20.8 Å². The molecule has 2 aromatic carbocycles. The number of ether oxygens (including phenoxy) is 1. The average Bonchev–Trinajstić information content (AvgIpc) is 3.02. The number of aliphatic hydroxyl groups is 1. The number of aryl methyl sites for hydroxylation is 3. The van der Waals surface area contributed by atoms with Crippen molar-refractivity contribution in [1.29, 1.82) is 0 Å². The topological polar surface area (TPSA) is 98.5 Å². The molecule has 7 heteroatoms. The van der Waals surface area contributed by atoms with Gasteiger partial charge in [-0.2, -0.15) is 0 Å². The van der Waals surface area contributed by atoms with Gasteiger partial charge >= 0.3 is 0 Å². The van der Waals surface area contributed by atoms with E-state index in [2.05, 4.69) is 10.0 Å². The summed E-state index contributed by atoms with van der Waals surface area (Å²) in [5.74, 6) is 0.230. The molecule has 7 nitrogen and oxygen atoms in total. The molecule has 0 bridgehead atoms. The first-order valence-corrected chi connectivity index (χ1v) is 8.80. The molecule has 0 spiro atoms. The molecule has 1 saturated heterocycles. The van der Waals surface area contributed by atoms with Gasteiger partial charge in [-0.1, -0.05) is 34.9 Å². The molecule has 1 unspecified atom stereocenters. The molecular weight excluding hydrogens is 344 g/mol. The second-order valence-corrected chi connectivity index (χ2v) is 7.22.